The molecule has 1 aliphatic heterocycles. The quantitative estimate of drug-likeness (QED) is 0.0943. The number of ether oxygens (including phenoxy) is 2. The van der Waals surface area contributed by atoms with Crippen molar-refractivity contribution in [2.45, 2.75) is 51.7 Å². The highest BCUT2D eigenvalue weighted by Gasteiger charge is 2.51. The SMILES string of the molecule is CNC(=O)c1cc(-c2ccc(CC(=O)OC)c(Cl)c2)ccn1.CNC(=O)c1cc(Br)ccn1.COC(=O)Cc1ccc(B2OC(C)(C)C(C)(C)O2)cc1Cl.O=C(O)c1cc(Br)ccn1.[2H]CF. The smallest absolute Gasteiger partial charge is 0.477 e. The molecule has 1 fully saturated rings. The van der Waals surface area contributed by atoms with Crippen molar-refractivity contribution < 1.29 is 53.6 Å². The summed E-state index contributed by atoms with van der Waals surface area (Å²) in [5.74, 6) is -2.11. The van der Waals surface area contributed by atoms with E-state index < -0.39 is 31.4 Å². The molecule has 2 aromatic carbocycles. The van der Waals surface area contributed by atoms with Crippen molar-refractivity contribution in [3.05, 3.63) is 139 Å². The van der Waals surface area contributed by atoms with Crippen molar-refractivity contribution in [3.8, 4) is 11.1 Å². The van der Waals surface area contributed by atoms with Gasteiger partial charge in [-0.2, -0.15) is 0 Å². The third kappa shape index (κ3) is 17.5. The number of nitrogens with one attached hydrogen (secondary N) is 2. The lowest BCUT2D eigenvalue weighted by atomic mass is 9.78. The molecule has 2 amide bonds. The maximum absolute atomic E-state index is 11.6. The Morgan fingerprint density at radius 3 is 1.52 bits per heavy atom. The number of hydrogen-bond acceptors (Lipinski definition) is 12. The zero-order chi connectivity index (χ0) is 50.5. The molecule has 0 saturated carbocycles. The van der Waals surface area contributed by atoms with Gasteiger partial charge in [0.15, 0.2) is 0 Å². The summed E-state index contributed by atoms with van der Waals surface area (Å²) in [6.45, 7) is 8.00. The average molecular weight is 1080 g/mol. The molecule has 1 aliphatic rings. The van der Waals surface area contributed by atoms with E-state index in [9.17, 15) is 28.4 Å². The van der Waals surface area contributed by atoms with Crippen LogP contribution in [0.4, 0.5) is 4.39 Å². The second kappa shape index (κ2) is 27.4. The van der Waals surface area contributed by atoms with E-state index in [-0.39, 0.29) is 42.3 Å². The predicted octanol–water partition coefficient (Wildman–Crippen LogP) is 8.16. The summed E-state index contributed by atoms with van der Waals surface area (Å²) >= 11 is 18.8. The summed E-state index contributed by atoms with van der Waals surface area (Å²) in [5, 5.41) is 14.4. The third-order valence-corrected chi connectivity index (χ3v) is 11.1. The number of methoxy groups -OCH3 is 2. The molecule has 5 aromatic rings. The summed E-state index contributed by atoms with van der Waals surface area (Å²) in [4.78, 5) is 67.0. The number of nitrogens with zero attached hydrogens (tertiary/aromatic N) is 3. The highest BCUT2D eigenvalue weighted by molar-refractivity contribution is 9.10. The van der Waals surface area contributed by atoms with E-state index in [1.54, 1.807) is 81.1 Å². The van der Waals surface area contributed by atoms with Gasteiger partial charge in [-0.3, -0.25) is 33.5 Å². The first kappa shape index (κ1) is 55.0. The summed E-state index contributed by atoms with van der Waals surface area (Å²) in [5.41, 5.74) is 3.93. The Balaban J connectivity index is 0.000000316. The lowest BCUT2D eigenvalue weighted by Crippen LogP contribution is -2.41. The number of benzene rings is 2. The van der Waals surface area contributed by atoms with Gasteiger partial charge in [0.2, 0.25) is 0 Å². The highest BCUT2D eigenvalue weighted by atomic mass is 79.9. The van der Waals surface area contributed by atoms with Gasteiger partial charge in [0.1, 0.15) is 17.1 Å². The molecule has 0 unspecified atom stereocenters. The fourth-order valence-electron chi connectivity index (χ4n) is 5.20. The third-order valence-electron chi connectivity index (χ3n) is 9.46. The Kier molecular flexibility index (Phi) is 22.8. The van der Waals surface area contributed by atoms with Crippen LogP contribution in [0.3, 0.4) is 0 Å². The number of amides is 2. The second-order valence-corrected chi connectivity index (χ2v) is 17.0. The Morgan fingerprint density at radius 1 is 0.697 bits per heavy atom. The molecule has 0 radical (unpaired) electrons. The molecule has 4 heterocycles. The standard InChI is InChI=1S/C16H15ClN2O3.C15H20BClO4.C7H7BrN2O.C6H4BrNO2.CH3F/c1-18-16(21)14-8-11(5-6-19-14)10-3-4-12(13(17)7-10)9-15(20)22-2;1-14(2)15(3,4)21-16(20-14)11-7-6-10(12(17)9-11)8-13(18)19-5;1-9-7(11)6-4-5(8)2-3-10-6;7-4-1-2-8-5(3-4)6(9)10;1-2/h3-8H,9H2,1-2H3,(H,18,21);6-7,9H,8H2,1-5H3;2-4H,1H3,(H,9,11);1-3H,(H,9,10);1H3/i;;;;1D. The second-order valence-electron chi connectivity index (χ2n) is 14.4. The number of carbonyl (C=O) groups is 5. The molecule has 3 N–H and O–H groups in total. The molecule has 1 saturated heterocycles. The Bertz CT molecular complexity index is 2480. The average Bonchev–Trinajstić information content (AvgIpc) is 3.53. The minimum atomic E-state index is -1.01. The molecule has 66 heavy (non-hydrogen) atoms. The first-order valence-electron chi connectivity index (χ1n) is 20.1. The van der Waals surface area contributed by atoms with Crippen LogP contribution in [0.15, 0.2) is 100 Å². The van der Waals surface area contributed by atoms with E-state index >= 15 is 0 Å². The van der Waals surface area contributed by atoms with Gasteiger partial charge >= 0.3 is 25.0 Å². The van der Waals surface area contributed by atoms with E-state index in [1.807, 2.05) is 39.8 Å². The van der Waals surface area contributed by atoms with Crippen LogP contribution in [0, 0.1) is 0 Å². The number of halogens is 5. The van der Waals surface area contributed by atoms with Gasteiger partial charge in [-0.15, -0.1) is 0 Å². The first-order chi connectivity index (χ1) is 31.6. The van der Waals surface area contributed by atoms with Crippen LogP contribution < -0.4 is 16.1 Å². The van der Waals surface area contributed by atoms with Gasteiger partial charge in [0.05, 0.1) is 46.8 Å². The molecule has 15 nitrogen and oxygen atoms in total. The van der Waals surface area contributed by atoms with Crippen LogP contribution in [0.25, 0.3) is 11.1 Å². The lowest BCUT2D eigenvalue weighted by molar-refractivity contribution is -0.140. The number of alkyl halides is 1. The van der Waals surface area contributed by atoms with Gasteiger partial charge in [0.25, 0.3) is 11.8 Å². The van der Waals surface area contributed by atoms with Crippen molar-refractivity contribution in [3.63, 3.8) is 0 Å². The molecular formula is C45H49BBr2Cl2FN5O10. The van der Waals surface area contributed by atoms with Crippen molar-refractivity contribution in [1.29, 1.82) is 0 Å². The molecular weight excluding hydrogens is 1030 g/mol. The van der Waals surface area contributed by atoms with Gasteiger partial charge in [-0.05, 0) is 104 Å². The van der Waals surface area contributed by atoms with Crippen LogP contribution in [-0.4, -0.2) is 104 Å². The fourth-order valence-corrected chi connectivity index (χ4v) is 6.37. The van der Waals surface area contributed by atoms with Gasteiger partial charge < -0.3 is 34.5 Å². The van der Waals surface area contributed by atoms with E-state index in [1.165, 1.54) is 26.5 Å². The van der Waals surface area contributed by atoms with Gasteiger partial charge in [0, 0.05) is 51.7 Å². The number of carboxylic acid groups (broad SMARTS) is 1. The molecule has 6 rings (SSSR count). The van der Waals surface area contributed by atoms with E-state index in [2.05, 4.69) is 66.9 Å². The Morgan fingerprint density at radius 2 is 1.11 bits per heavy atom. The summed E-state index contributed by atoms with van der Waals surface area (Å²) in [7, 11) is 4.36. The largest absolute Gasteiger partial charge is 0.494 e. The number of carboxylic acids is 1. The van der Waals surface area contributed by atoms with E-state index in [0.717, 1.165) is 31.1 Å². The Hall–Kier alpha value is -5.31. The number of hydrogen-bond donors (Lipinski definition) is 3. The number of esters is 2. The minimum Gasteiger partial charge on any atom is -0.477 e. The topological polar surface area (TPSA) is 205 Å². The maximum atomic E-state index is 11.6. The highest BCUT2D eigenvalue weighted by Crippen LogP contribution is 2.36. The minimum absolute atomic E-state index is 0.0503. The molecule has 0 bridgehead atoms. The first-order valence-corrected chi connectivity index (χ1v) is 21.7. The van der Waals surface area contributed by atoms with Crippen molar-refractivity contribution in [2.24, 2.45) is 0 Å². The van der Waals surface area contributed by atoms with Crippen molar-refractivity contribution in [1.82, 2.24) is 25.6 Å². The maximum Gasteiger partial charge on any atom is 0.494 e. The predicted molar refractivity (Wildman–Crippen MR) is 258 cm³/mol. The van der Waals surface area contributed by atoms with Crippen LogP contribution in [0.2, 0.25) is 10.0 Å². The summed E-state index contributed by atoms with van der Waals surface area (Å²) in [6, 6.07) is 20.8. The summed E-state index contributed by atoms with van der Waals surface area (Å²) < 4.78 is 38.3. The van der Waals surface area contributed by atoms with Crippen molar-refractivity contribution >= 4 is 97.4 Å². The van der Waals surface area contributed by atoms with E-state index in [0.29, 0.717) is 27.0 Å². The molecule has 0 spiro atoms. The zero-order valence-corrected chi connectivity index (χ0v) is 41.9. The van der Waals surface area contributed by atoms with Crippen molar-refractivity contribution in [2.75, 3.05) is 35.5 Å². The number of pyridine rings is 3. The normalized spacial score (nSPS) is 12.9. The Labute approximate surface area is 411 Å². The zero-order valence-electron chi connectivity index (χ0n) is 38.2. The van der Waals surface area contributed by atoms with Crippen LogP contribution in [-0.2, 0) is 41.2 Å². The van der Waals surface area contributed by atoms with Gasteiger partial charge in [-0.1, -0.05) is 79.3 Å². The number of aromatic nitrogens is 3. The molecule has 352 valence electrons. The number of carbonyl (C=O) groups excluding carboxylic acids is 4. The molecule has 21 heteroatoms. The van der Waals surface area contributed by atoms with Crippen LogP contribution in [0.5, 0.6) is 0 Å². The van der Waals surface area contributed by atoms with Gasteiger partial charge in [-0.25, -0.2) is 9.78 Å². The number of aromatic carboxylic acids is 1. The fraction of sp³-hybridized carbons (Fsp3) is 0.289. The molecule has 3 aromatic heterocycles. The van der Waals surface area contributed by atoms with Crippen LogP contribution in [0.1, 0.15) is 71.7 Å². The van der Waals surface area contributed by atoms with E-state index in [4.69, 9.17) is 39.0 Å². The lowest BCUT2D eigenvalue weighted by Gasteiger charge is -2.32. The number of rotatable bonds is 9. The molecule has 0 aliphatic carbocycles. The summed E-state index contributed by atoms with van der Waals surface area (Å²) in [6.07, 6.45) is 4.85. The molecule has 0 atom stereocenters. The monoisotopic (exact) mass is 1080 g/mol. The van der Waals surface area contributed by atoms with Crippen LogP contribution >= 0.6 is 55.1 Å².